The van der Waals surface area contributed by atoms with Gasteiger partial charge in [-0.25, -0.2) is 0 Å². The predicted octanol–water partition coefficient (Wildman–Crippen LogP) is 3.63. The molecule has 1 heterocycles. The topological polar surface area (TPSA) is 9.23 Å². The lowest BCUT2D eigenvalue weighted by Gasteiger charge is -2.32. The molecule has 0 N–H and O–H groups in total. The molecule has 1 aliphatic rings. The van der Waals surface area contributed by atoms with Crippen molar-refractivity contribution >= 4 is 24.4 Å². The number of thiol groups is 1. The van der Waals surface area contributed by atoms with Gasteiger partial charge in [0.05, 0.1) is 0 Å². The maximum Gasteiger partial charge on any atom is 0.0476 e. The molecule has 0 saturated carbocycles. The lowest BCUT2D eigenvalue weighted by molar-refractivity contribution is 0.0999. The third-order valence-corrected chi connectivity index (χ3v) is 6.02. The van der Waals surface area contributed by atoms with Gasteiger partial charge in [0.15, 0.2) is 0 Å². The summed E-state index contributed by atoms with van der Waals surface area (Å²) < 4.78 is 5.38. The Kier molecular flexibility index (Phi) is 6.48. The Balaban J connectivity index is 2.31. The van der Waals surface area contributed by atoms with Gasteiger partial charge in [-0.3, -0.25) is 0 Å². The quantitative estimate of drug-likeness (QED) is 0.719. The molecular weight excluding hydrogens is 224 g/mol. The lowest BCUT2D eigenvalue weighted by atomic mass is 9.87. The highest BCUT2D eigenvalue weighted by Gasteiger charge is 2.26. The minimum Gasteiger partial charge on any atom is -0.381 e. The molecule has 0 aromatic heterocycles. The first-order valence-corrected chi connectivity index (χ1v) is 7.74. The van der Waals surface area contributed by atoms with Crippen molar-refractivity contribution in [3.05, 3.63) is 0 Å². The standard InChI is InChI=1S/C12H24OS2/c1-3-12(4-2,9-14)10-15-11-5-7-13-8-6-11/h11,14H,3-10H2,1-2H3. The van der Waals surface area contributed by atoms with Gasteiger partial charge in [0.1, 0.15) is 0 Å². The number of hydrogen-bond acceptors (Lipinski definition) is 3. The SMILES string of the molecule is CCC(CC)(CS)CSC1CCOCC1. The van der Waals surface area contributed by atoms with E-state index < -0.39 is 0 Å². The zero-order chi connectivity index (χ0) is 11.1. The maximum absolute atomic E-state index is 5.38. The van der Waals surface area contributed by atoms with Gasteiger partial charge >= 0.3 is 0 Å². The van der Waals surface area contributed by atoms with E-state index in [1.54, 1.807) is 0 Å². The molecule has 1 nitrogen and oxygen atoms in total. The Bertz CT molecular complexity index is 155. The molecule has 1 fully saturated rings. The van der Waals surface area contributed by atoms with Crippen LogP contribution in [-0.4, -0.2) is 30.0 Å². The van der Waals surface area contributed by atoms with Crippen LogP contribution in [0.5, 0.6) is 0 Å². The number of rotatable bonds is 6. The normalized spacial score (nSPS) is 19.4. The molecule has 0 radical (unpaired) electrons. The Labute approximate surface area is 104 Å². The first-order chi connectivity index (χ1) is 7.26. The smallest absolute Gasteiger partial charge is 0.0476 e. The van der Waals surface area contributed by atoms with Gasteiger partial charge in [-0.2, -0.15) is 24.4 Å². The minimum absolute atomic E-state index is 0.464. The van der Waals surface area contributed by atoms with Gasteiger partial charge in [-0.1, -0.05) is 13.8 Å². The van der Waals surface area contributed by atoms with Gasteiger partial charge in [0.2, 0.25) is 0 Å². The molecule has 0 spiro atoms. The monoisotopic (exact) mass is 248 g/mol. The Morgan fingerprint density at radius 2 is 1.87 bits per heavy atom. The first-order valence-electron chi connectivity index (χ1n) is 6.06. The summed E-state index contributed by atoms with van der Waals surface area (Å²) in [6.07, 6.45) is 4.98. The summed E-state index contributed by atoms with van der Waals surface area (Å²) in [4.78, 5) is 0. The summed E-state index contributed by atoms with van der Waals surface area (Å²) in [7, 11) is 0. The number of hydrogen-bond donors (Lipinski definition) is 1. The molecule has 0 aromatic rings. The van der Waals surface area contributed by atoms with Crippen molar-refractivity contribution in [1.29, 1.82) is 0 Å². The summed E-state index contributed by atoms with van der Waals surface area (Å²) in [5, 5.41) is 0.830. The molecule has 0 atom stereocenters. The van der Waals surface area contributed by atoms with Crippen molar-refractivity contribution in [3.8, 4) is 0 Å². The summed E-state index contributed by atoms with van der Waals surface area (Å²) in [5.74, 6) is 2.30. The summed E-state index contributed by atoms with van der Waals surface area (Å²) in [6.45, 7) is 6.52. The second-order valence-electron chi connectivity index (χ2n) is 4.49. The summed E-state index contributed by atoms with van der Waals surface area (Å²) >= 11 is 6.67. The second-order valence-corrected chi connectivity index (χ2v) is 6.09. The van der Waals surface area contributed by atoms with Crippen LogP contribution in [-0.2, 0) is 4.74 Å². The van der Waals surface area contributed by atoms with Gasteiger partial charge in [0, 0.05) is 18.5 Å². The minimum atomic E-state index is 0.464. The Hall–Kier alpha value is 0.660. The highest BCUT2D eigenvalue weighted by Crippen LogP contribution is 2.35. The van der Waals surface area contributed by atoms with E-state index in [9.17, 15) is 0 Å². The summed E-state index contributed by atoms with van der Waals surface area (Å²) in [5.41, 5.74) is 0.464. The molecule has 0 unspecified atom stereocenters. The first kappa shape index (κ1) is 13.7. The van der Waals surface area contributed by atoms with Gasteiger partial charge < -0.3 is 4.74 Å². The zero-order valence-corrected chi connectivity index (χ0v) is 11.7. The van der Waals surface area contributed by atoms with E-state index in [2.05, 4.69) is 38.2 Å². The predicted molar refractivity (Wildman–Crippen MR) is 73.2 cm³/mol. The molecule has 3 heteroatoms. The molecule has 1 aliphatic heterocycles. The van der Waals surface area contributed by atoms with Gasteiger partial charge in [-0.15, -0.1) is 0 Å². The zero-order valence-electron chi connectivity index (χ0n) is 10.00. The van der Waals surface area contributed by atoms with Crippen LogP contribution in [0, 0.1) is 5.41 Å². The Morgan fingerprint density at radius 1 is 1.27 bits per heavy atom. The van der Waals surface area contributed by atoms with Crippen LogP contribution in [0.1, 0.15) is 39.5 Å². The second kappa shape index (κ2) is 7.08. The van der Waals surface area contributed by atoms with E-state index in [4.69, 9.17) is 4.74 Å². The molecule has 1 saturated heterocycles. The highest BCUT2D eigenvalue weighted by atomic mass is 32.2. The van der Waals surface area contributed by atoms with Crippen LogP contribution in [0.3, 0.4) is 0 Å². The maximum atomic E-state index is 5.38. The fraction of sp³-hybridized carbons (Fsp3) is 1.00. The van der Waals surface area contributed by atoms with Crippen molar-refractivity contribution in [2.75, 3.05) is 24.7 Å². The van der Waals surface area contributed by atoms with Crippen molar-refractivity contribution in [2.45, 2.75) is 44.8 Å². The van der Waals surface area contributed by atoms with Gasteiger partial charge in [0.25, 0.3) is 0 Å². The largest absolute Gasteiger partial charge is 0.381 e. The number of ether oxygens (including phenoxy) is 1. The van der Waals surface area contributed by atoms with Crippen LogP contribution in [0.25, 0.3) is 0 Å². The molecule has 1 rings (SSSR count). The van der Waals surface area contributed by atoms with Crippen molar-refractivity contribution in [3.63, 3.8) is 0 Å². The van der Waals surface area contributed by atoms with Crippen LogP contribution >= 0.6 is 24.4 Å². The van der Waals surface area contributed by atoms with Crippen LogP contribution in [0.2, 0.25) is 0 Å². The van der Waals surface area contributed by atoms with E-state index in [0.29, 0.717) is 5.41 Å². The van der Waals surface area contributed by atoms with Crippen LogP contribution < -0.4 is 0 Å². The lowest BCUT2D eigenvalue weighted by Crippen LogP contribution is -2.27. The van der Waals surface area contributed by atoms with E-state index >= 15 is 0 Å². The van der Waals surface area contributed by atoms with E-state index in [-0.39, 0.29) is 0 Å². The highest BCUT2D eigenvalue weighted by molar-refractivity contribution is 7.99. The average molecular weight is 248 g/mol. The van der Waals surface area contributed by atoms with E-state index in [1.165, 1.54) is 31.4 Å². The van der Waals surface area contributed by atoms with Crippen molar-refractivity contribution in [2.24, 2.45) is 5.41 Å². The van der Waals surface area contributed by atoms with Gasteiger partial charge in [-0.05, 0) is 42.6 Å². The van der Waals surface area contributed by atoms with Crippen molar-refractivity contribution < 1.29 is 4.74 Å². The molecule has 0 bridgehead atoms. The number of thioether (sulfide) groups is 1. The van der Waals surface area contributed by atoms with E-state index in [1.807, 2.05) is 0 Å². The molecule has 0 aliphatic carbocycles. The van der Waals surface area contributed by atoms with E-state index in [0.717, 1.165) is 24.2 Å². The third-order valence-electron chi connectivity index (χ3n) is 3.63. The Morgan fingerprint density at radius 3 is 2.33 bits per heavy atom. The molecule has 0 aromatic carbocycles. The molecule has 15 heavy (non-hydrogen) atoms. The van der Waals surface area contributed by atoms with Crippen LogP contribution in [0.15, 0.2) is 0 Å². The fourth-order valence-electron chi connectivity index (χ4n) is 1.86. The fourth-order valence-corrected chi connectivity index (χ4v) is 4.20. The van der Waals surface area contributed by atoms with Crippen molar-refractivity contribution in [1.82, 2.24) is 0 Å². The molecule has 90 valence electrons. The summed E-state index contributed by atoms with van der Waals surface area (Å²) in [6, 6.07) is 0. The average Bonchev–Trinajstić information content (AvgIpc) is 2.33. The molecule has 0 amide bonds. The van der Waals surface area contributed by atoms with Crippen LogP contribution in [0.4, 0.5) is 0 Å². The molecular formula is C12H24OS2. The third kappa shape index (κ3) is 4.20.